The van der Waals surface area contributed by atoms with E-state index in [2.05, 4.69) is 11.8 Å². The smallest absolute Gasteiger partial charge is 0.242 e. The van der Waals surface area contributed by atoms with Crippen LogP contribution in [0.5, 0.6) is 0 Å². The number of primary amides is 1. The molecule has 0 aromatic rings. The first-order valence-electron chi connectivity index (χ1n) is 3.65. The van der Waals surface area contributed by atoms with Crippen LogP contribution >= 0.6 is 0 Å². The van der Waals surface area contributed by atoms with Gasteiger partial charge < -0.3 is 5.73 Å². The summed E-state index contributed by atoms with van der Waals surface area (Å²) in [6, 6.07) is 0. The van der Waals surface area contributed by atoms with Crippen LogP contribution in [0.2, 0.25) is 0 Å². The average molecular weight is 163 g/mol. The maximum absolute atomic E-state index is 10.2. The Balaban J connectivity index is 4.25. The van der Waals surface area contributed by atoms with Gasteiger partial charge in [0, 0.05) is 6.08 Å². The van der Waals surface area contributed by atoms with E-state index in [9.17, 15) is 4.79 Å². The van der Waals surface area contributed by atoms with E-state index in [4.69, 9.17) is 5.73 Å². The molecule has 0 unspecified atom stereocenters. The number of carbonyl (C=O) groups is 1. The fourth-order valence-corrected chi connectivity index (χ4v) is 0.399. The summed E-state index contributed by atoms with van der Waals surface area (Å²) in [6.07, 6.45) is 2.69. The van der Waals surface area contributed by atoms with Crippen molar-refractivity contribution in [1.82, 2.24) is 0 Å². The first kappa shape index (κ1) is 10.5. The largest absolute Gasteiger partial charge is 0.366 e. The van der Waals surface area contributed by atoms with E-state index in [1.54, 1.807) is 0 Å². The van der Waals surface area contributed by atoms with E-state index in [-0.39, 0.29) is 0 Å². The fourth-order valence-electron chi connectivity index (χ4n) is 0.399. The van der Waals surface area contributed by atoms with Gasteiger partial charge in [-0.2, -0.15) is 0 Å². The number of amides is 1. The summed E-state index contributed by atoms with van der Waals surface area (Å²) in [5.41, 5.74) is 7.06. The van der Waals surface area contributed by atoms with E-state index >= 15 is 0 Å². The molecule has 0 aliphatic rings. The average Bonchev–Trinajstić information content (AvgIpc) is 1.97. The summed E-state index contributed by atoms with van der Waals surface area (Å²) in [7, 11) is 0. The molecular weight excluding hydrogens is 150 g/mol. The molecule has 2 N–H and O–H groups in total. The van der Waals surface area contributed by atoms with E-state index in [1.165, 1.54) is 17.7 Å². The second-order valence-corrected chi connectivity index (χ2v) is 2.63. The number of hydrogen-bond donors (Lipinski definition) is 1. The zero-order valence-corrected chi connectivity index (χ0v) is 7.64. The van der Waals surface area contributed by atoms with Crippen molar-refractivity contribution in [3.05, 3.63) is 23.3 Å². The van der Waals surface area contributed by atoms with Crippen molar-refractivity contribution in [3.63, 3.8) is 0 Å². The Morgan fingerprint density at radius 1 is 1.33 bits per heavy atom. The molecule has 0 aromatic carbocycles. The van der Waals surface area contributed by atoms with Gasteiger partial charge in [-0.15, -0.1) is 0 Å². The Bertz CT molecular complexity index is 283. The van der Waals surface area contributed by atoms with Gasteiger partial charge in [-0.1, -0.05) is 17.4 Å². The predicted molar refractivity (Wildman–Crippen MR) is 50.2 cm³/mol. The van der Waals surface area contributed by atoms with E-state index in [0.29, 0.717) is 0 Å². The highest BCUT2D eigenvalue weighted by Gasteiger charge is 1.82. The molecule has 0 spiro atoms. The van der Waals surface area contributed by atoms with Gasteiger partial charge in [0.25, 0.3) is 0 Å². The molecule has 0 fully saturated rings. The predicted octanol–water partition coefficient (Wildman–Crippen LogP) is 1.39. The second kappa shape index (κ2) is 5.20. The molecule has 64 valence electrons. The molecule has 0 saturated carbocycles. The van der Waals surface area contributed by atoms with Crippen LogP contribution in [0.25, 0.3) is 0 Å². The van der Waals surface area contributed by atoms with Crippen LogP contribution < -0.4 is 5.73 Å². The molecular formula is C10H13NO. The summed E-state index contributed by atoms with van der Waals surface area (Å²) >= 11 is 0. The number of hydrogen-bond acceptors (Lipinski definition) is 1. The summed E-state index contributed by atoms with van der Waals surface area (Å²) in [5, 5.41) is 0. The molecule has 0 saturated heterocycles. The zero-order valence-electron chi connectivity index (χ0n) is 7.64. The molecule has 12 heavy (non-hydrogen) atoms. The molecule has 0 radical (unpaired) electrons. The lowest BCUT2D eigenvalue weighted by molar-refractivity contribution is -0.113. The normalized spacial score (nSPS) is 8.92. The van der Waals surface area contributed by atoms with Crippen LogP contribution in [0, 0.1) is 11.8 Å². The summed E-state index contributed by atoms with van der Waals surface area (Å²) in [5.74, 6) is 5.11. The molecule has 0 rings (SSSR count). The van der Waals surface area contributed by atoms with Crippen LogP contribution in [-0.2, 0) is 4.79 Å². The third kappa shape index (κ3) is 5.31. The molecule has 2 heteroatoms. The molecule has 1 amide bonds. The minimum Gasteiger partial charge on any atom is -0.366 e. The second-order valence-electron chi connectivity index (χ2n) is 2.63. The van der Waals surface area contributed by atoms with Crippen LogP contribution in [0.15, 0.2) is 23.3 Å². The highest BCUT2D eigenvalue weighted by Crippen LogP contribution is 1.98. The first-order valence-corrected chi connectivity index (χ1v) is 3.65. The molecule has 2 nitrogen and oxygen atoms in total. The molecule has 0 heterocycles. The Morgan fingerprint density at radius 3 is 2.33 bits per heavy atom. The van der Waals surface area contributed by atoms with Crippen molar-refractivity contribution >= 4 is 5.91 Å². The molecule has 0 aliphatic carbocycles. The van der Waals surface area contributed by atoms with Crippen molar-refractivity contribution in [2.75, 3.05) is 0 Å². The van der Waals surface area contributed by atoms with Crippen molar-refractivity contribution in [2.45, 2.75) is 20.8 Å². The number of carbonyl (C=O) groups excluding carboxylic acids is 1. The number of allylic oxidation sites excluding steroid dienone is 3. The maximum atomic E-state index is 10.2. The van der Waals surface area contributed by atoms with Gasteiger partial charge in [-0.3, -0.25) is 4.79 Å². The maximum Gasteiger partial charge on any atom is 0.242 e. The van der Waals surface area contributed by atoms with Crippen molar-refractivity contribution in [1.29, 1.82) is 0 Å². The molecule has 0 atom stereocenters. The fraction of sp³-hybridized carbons (Fsp3) is 0.300. The Hall–Kier alpha value is -1.49. The third-order valence-electron chi connectivity index (χ3n) is 1.34. The van der Waals surface area contributed by atoms with Gasteiger partial charge in [0.05, 0.1) is 0 Å². The molecule has 0 bridgehead atoms. The summed E-state index contributed by atoms with van der Waals surface area (Å²) in [4.78, 5) is 10.2. The topological polar surface area (TPSA) is 43.1 Å². The third-order valence-corrected chi connectivity index (χ3v) is 1.34. The Morgan fingerprint density at radius 2 is 1.92 bits per heavy atom. The summed E-state index contributed by atoms with van der Waals surface area (Å²) < 4.78 is 0. The molecule has 0 aliphatic heterocycles. The van der Waals surface area contributed by atoms with Gasteiger partial charge in [0.15, 0.2) is 0 Å². The quantitative estimate of drug-likeness (QED) is 0.460. The van der Waals surface area contributed by atoms with Crippen molar-refractivity contribution < 1.29 is 4.79 Å². The lowest BCUT2D eigenvalue weighted by atomic mass is 10.2. The minimum atomic E-state index is -0.473. The molecule has 0 aromatic heterocycles. The highest BCUT2D eigenvalue weighted by molar-refractivity contribution is 5.86. The standard InChI is InChI=1S/C10H13NO/c1-8(2)9(3)6-4-5-7-10(11)12/h5,7H,1-3H3,(H2,11,12)/b7-5+. The van der Waals surface area contributed by atoms with Gasteiger partial charge in [0.2, 0.25) is 5.91 Å². The van der Waals surface area contributed by atoms with Crippen molar-refractivity contribution in [3.8, 4) is 11.8 Å². The van der Waals surface area contributed by atoms with E-state index in [1.807, 2.05) is 20.8 Å². The monoisotopic (exact) mass is 163 g/mol. The van der Waals surface area contributed by atoms with Gasteiger partial charge >= 0.3 is 0 Å². The lowest BCUT2D eigenvalue weighted by Crippen LogP contribution is -2.04. The van der Waals surface area contributed by atoms with Gasteiger partial charge in [-0.05, 0) is 32.4 Å². The Kier molecular flexibility index (Phi) is 4.55. The highest BCUT2D eigenvalue weighted by atomic mass is 16.1. The van der Waals surface area contributed by atoms with Gasteiger partial charge in [-0.25, -0.2) is 0 Å². The van der Waals surface area contributed by atoms with Crippen LogP contribution in [0.4, 0.5) is 0 Å². The van der Waals surface area contributed by atoms with Crippen LogP contribution in [-0.4, -0.2) is 5.91 Å². The van der Waals surface area contributed by atoms with Crippen LogP contribution in [0.1, 0.15) is 20.8 Å². The summed E-state index contributed by atoms with van der Waals surface area (Å²) in [6.45, 7) is 5.91. The van der Waals surface area contributed by atoms with Gasteiger partial charge in [0.1, 0.15) is 0 Å². The zero-order chi connectivity index (χ0) is 9.56. The van der Waals surface area contributed by atoms with E-state index < -0.39 is 5.91 Å². The number of nitrogens with two attached hydrogens (primary N) is 1. The first-order chi connectivity index (χ1) is 5.54. The van der Waals surface area contributed by atoms with E-state index in [0.717, 1.165) is 5.57 Å². The minimum absolute atomic E-state index is 0.473. The lowest BCUT2D eigenvalue weighted by Gasteiger charge is -1.88. The van der Waals surface area contributed by atoms with Crippen LogP contribution in [0.3, 0.4) is 0 Å². The Labute approximate surface area is 73.1 Å². The number of rotatable bonds is 1. The SMILES string of the molecule is CC(C)=C(C)C#C/C=C/C(N)=O. The van der Waals surface area contributed by atoms with Crippen molar-refractivity contribution in [2.24, 2.45) is 5.73 Å².